The van der Waals surface area contributed by atoms with Crippen LogP contribution < -0.4 is 0 Å². The molecule has 54 valence electrons. The van der Waals surface area contributed by atoms with Crippen LogP contribution in [0.25, 0.3) is 0 Å². The van der Waals surface area contributed by atoms with Crippen LogP contribution in [-0.4, -0.2) is 22.7 Å². The van der Waals surface area contributed by atoms with E-state index >= 15 is 0 Å². The van der Waals surface area contributed by atoms with Crippen LogP contribution in [0.5, 0.6) is 0 Å². The number of thioether (sulfide) groups is 1. The lowest BCUT2D eigenvalue weighted by Crippen LogP contribution is -2.26. The molecule has 0 radical (unpaired) electrons. The summed E-state index contributed by atoms with van der Waals surface area (Å²) in [6.07, 6.45) is 6.82. The van der Waals surface area contributed by atoms with Gasteiger partial charge in [-0.15, -0.1) is 0 Å². The van der Waals surface area contributed by atoms with Crippen LogP contribution >= 0.6 is 11.8 Å². The van der Waals surface area contributed by atoms with Crippen LogP contribution in [0, 0.1) is 0 Å². The van der Waals surface area contributed by atoms with E-state index in [4.69, 9.17) is 0 Å². The molecule has 2 atom stereocenters. The van der Waals surface area contributed by atoms with Gasteiger partial charge in [0, 0.05) is 5.25 Å². The third-order valence-corrected chi connectivity index (χ3v) is 3.13. The molecule has 1 aliphatic carbocycles. The number of hydrogen-bond donors (Lipinski definition) is 1. The van der Waals surface area contributed by atoms with E-state index in [2.05, 4.69) is 6.26 Å². The second kappa shape index (κ2) is 3.47. The molecule has 1 rings (SSSR count). The molecule has 9 heavy (non-hydrogen) atoms. The second-order valence-corrected chi connectivity index (χ2v) is 3.70. The van der Waals surface area contributed by atoms with Gasteiger partial charge < -0.3 is 5.11 Å². The molecule has 0 aliphatic heterocycles. The summed E-state index contributed by atoms with van der Waals surface area (Å²) in [5.74, 6) is 0. The maximum absolute atomic E-state index is 9.35. The van der Waals surface area contributed by atoms with Crippen molar-refractivity contribution in [2.24, 2.45) is 0 Å². The normalized spacial score (nSPS) is 36.7. The molecule has 2 heteroatoms. The highest BCUT2D eigenvalue weighted by Gasteiger charge is 2.21. The van der Waals surface area contributed by atoms with Crippen molar-refractivity contribution in [2.45, 2.75) is 37.0 Å². The molecule has 0 saturated heterocycles. The Morgan fingerprint density at radius 1 is 1.33 bits per heavy atom. The standard InChI is InChI=1S/C7H14OS/c1-9-7-5-3-2-4-6(7)8/h6-8H,2-5H2,1H3/t6-,7-/m1/s1. The molecule has 0 amide bonds. The molecule has 0 heterocycles. The quantitative estimate of drug-likeness (QED) is 0.607. The zero-order chi connectivity index (χ0) is 6.69. The van der Waals surface area contributed by atoms with E-state index in [9.17, 15) is 5.11 Å². The fraction of sp³-hybridized carbons (Fsp3) is 1.00. The molecule has 0 spiro atoms. The predicted molar refractivity (Wildman–Crippen MR) is 41.8 cm³/mol. The minimum absolute atomic E-state index is 0.0197. The van der Waals surface area contributed by atoms with Gasteiger partial charge in [-0.3, -0.25) is 0 Å². The Balaban J connectivity index is 2.30. The zero-order valence-electron chi connectivity index (χ0n) is 5.84. The van der Waals surface area contributed by atoms with Crippen molar-refractivity contribution >= 4 is 11.8 Å². The number of aliphatic hydroxyl groups is 1. The zero-order valence-corrected chi connectivity index (χ0v) is 6.66. The fourth-order valence-electron chi connectivity index (χ4n) is 1.35. The van der Waals surface area contributed by atoms with E-state index < -0.39 is 0 Å². The van der Waals surface area contributed by atoms with Crippen molar-refractivity contribution in [3.05, 3.63) is 0 Å². The Hall–Kier alpha value is 0.310. The monoisotopic (exact) mass is 146 g/mol. The molecule has 0 bridgehead atoms. The summed E-state index contributed by atoms with van der Waals surface area (Å²) in [7, 11) is 0. The summed E-state index contributed by atoms with van der Waals surface area (Å²) in [6.45, 7) is 0. The topological polar surface area (TPSA) is 20.2 Å². The number of hydrogen-bond acceptors (Lipinski definition) is 2. The minimum Gasteiger partial charge on any atom is -0.392 e. The van der Waals surface area contributed by atoms with Gasteiger partial charge in [-0.05, 0) is 19.1 Å². The van der Waals surface area contributed by atoms with Crippen LogP contribution in [0.4, 0.5) is 0 Å². The smallest absolute Gasteiger partial charge is 0.0658 e. The summed E-state index contributed by atoms with van der Waals surface area (Å²) in [5, 5.41) is 9.87. The molecule has 1 N–H and O–H groups in total. The van der Waals surface area contributed by atoms with Crippen molar-refractivity contribution in [1.82, 2.24) is 0 Å². The lowest BCUT2D eigenvalue weighted by molar-refractivity contribution is 0.137. The van der Waals surface area contributed by atoms with E-state index in [-0.39, 0.29) is 6.10 Å². The molecular weight excluding hydrogens is 132 g/mol. The van der Waals surface area contributed by atoms with Crippen LogP contribution in [0.15, 0.2) is 0 Å². The molecular formula is C7H14OS. The lowest BCUT2D eigenvalue weighted by Gasteiger charge is -2.25. The summed E-state index contributed by atoms with van der Waals surface area (Å²) >= 11 is 1.80. The third-order valence-electron chi connectivity index (χ3n) is 1.97. The van der Waals surface area contributed by atoms with E-state index in [1.165, 1.54) is 19.3 Å². The Labute approximate surface area is 60.8 Å². The van der Waals surface area contributed by atoms with Crippen LogP contribution in [0.1, 0.15) is 25.7 Å². The van der Waals surface area contributed by atoms with Crippen molar-refractivity contribution in [1.29, 1.82) is 0 Å². The first kappa shape index (κ1) is 7.42. The summed E-state index contributed by atoms with van der Waals surface area (Å²) in [6, 6.07) is 0. The lowest BCUT2D eigenvalue weighted by atomic mass is 9.97. The maximum atomic E-state index is 9.35. The highest BCUT2D eigenvalue weighted by molar-refractivity contribution is 7.99. The van der Waals surface area contributed by atoms with Gasteiger partial charge in [0.15, 0.2) is 0 Å². The van der Waals surface area contributed by atoms with Gasteiger partial charge >= 0.3 is 0 Å². The molecule has 1 nitrogen and oxygen atoms in total. The number of aliphatic hydroxyl groups excluding tert-OH is 1. The van der Waals surface area contributed by atoms with Crippen molar-refractivity contribution < 1.29 is 5.11 Å². The summed E-state index contributed by atoms with van der Waals surface area (Å²) < 4.78 is 0. The first-order chi connectivity index (χ1) is 4.34. The predicted octanol–water partition coefficient (Wildman–Crippen LogP) is 1.65. The van der Waals surface area contributed by atoms with Gasteiger partial charge in [-0.25, -0.2) is 0 Å². The molecule has 0 aromatic rings. The SMILES string of the molecule is CS[C@@H]1CCCC[C@H]1O. The molecule has 0 aromatic heterocycles. The van der Waals surface area contributed by atoms with Crippen LogP contribution in [0.2, 0.25) is 0 Å². The summed E-state index contributed by atoms with van der Waals surface area (Å²) in [4.78, 5) is 0. The van der Waals surface area contributed by atoms with Crippen molar-refractivity contribution in [3.8, 4) is 0 Å². The Bertz CT molecular complexity index is 85.0. The average Bonchev–Trinajstić information content (AvgIpc) is 1.89. The Morgan fingerprint density at radius 2 is 2.00 bits per heavy atom. The Kier molecular flexibility index (Phi) is 2.86. The van der Waals surface area contributed by atoms with Crippen molar-refractivity contribution in [3.63, 3.8) is 0 Å². The second-order valence-electron chi connectivity index (χ2n) is 2.63. The van der Waals surface area contributed by atoms with Gasteiger partial charge in [0.25, 0.3) is 0 Å². The molecule has 0 unspecified atom stereocenters. The van der Waals surface area contributed by atoms with Crippen LogP contribution in [-0.2, 0) is 0 Å². The minimum atomic E-state index is -0.0197. The van der Waals surface area contributed by atoms with Crippen LogP contribution in [0.3, 0.4) is 0 Å². The van der Waals surface area contributed by atoms with E-state index in [0.29, 0.717) is 5.25 Å². The molecule has 1 fully saturated rings. The van der Waals surface area contributed by atoms with Gasteiger partial charge in [0.2, 0.25) is 0 Å². The number of rotatable bonds is 1. The average molecular weight is 146 g/mol. The fourth-order valence-corrected chi connectivity index (χ4v) is 2.20. The van der Waals surface area contributed by atoms with Gasteiger partial charge in [-0.1, -0.05) is 12.8 Å². The van der Waals surface area contributed by atoms with Gasteiger partial charge in [-0.2, -0.15) is 11.8 Å². The Morgan fingerprint density at radius 3 is 2.44 bits per heavy atom. The third kappa shape index (κ3) is 1.87. The molecule has 1 aliphatic rings. The summed E-state index contributed by atoms with van der Waals surface area (Å²) in [5.41, 5.74) is 0. The molecule has 1 saturated carbocycles. The van der Waals surface area contributed by atoms with E-state index in [1.807, 2.05) is 0 Å². The van der Waals surface area contributed by atoms with Crippen molar-refractivity contribution in [2.75, 3.05) is 6.26 Å². The molecule has 0 aromatic carbocycles. The largest absolute Gasteiger partial charge is 0.392 e. The van der Waals surface area contributed by atoms with Gasteiger partial charge in [0.05, 0.1) is 6.10 Å². The van der Waals surface area contributed by atoms with Gasteiger partial charge in [0.1, 0.15) is 0 Å². The van der Waals surface area contributed by atoms with E-state index in [0.717, 1.165) is 6.42 Å². The highest BCUT2D eigenvalue weighted by atomic mass is 32.2. The highest BCUT2D eigenvalue weighted by Crippen LogP contribution is 2.26. The maximum Gasteiger partial charge on any atom is 0.0658 e. The first-order valence-corrected chi connectivity index (χ1v) is 4.84. The first-order valence-electron chi connectivity index (χ1n) is 3.55. The van der Waals surface area contributed by atoms with E-state index in [1.54, 1.807) is 11.8 Å².